The third-order valence-electron chi connectivity index (χ3n) is 4.67. The van der Waals surface area contributed by atoms with Crippen LogP contribution in [0.1, 0.15) is 18.4 Å². The molecule has 1 N–H and O–H groups in total. The molecule has 2 aromatic carbocycles. The van der Waals surface area contributed by atoms with Crippen molar-refractivity contribution in [1.29, 1.82) is 0 Å². The van der Waals surface area contributed by atoms with Crippen molar-refractivity contribution in [3.8, 4) is 0 Å². The first kappa shape index (κ1) is 17.3. The van der Waals surface area contributed by atoms with Crippen LogP contribution in [0.4, 0.5) is 0 Å². The molecule has 1 saturated heterocycles. The zero-order chi connectivity index (χ0) is 14.5. The second-order valence-electron chi connectivity index (χ2n) is 6.34. The van der Waals surface area contributed by atoms with Crippen LogP contribution in [-0.2, 0) is 6.42 Å². The Balaban J connectivity index is 0.00000176. The van der Waals surface area contributed by atoms with Gasteiger partial charge in [0.05, 0.1) is 0 Å². The van der Waals surface area contributed by atoms with Crippen LogP contribution in [-0.4, -0.2) is 38.1 Å². The van der Waals surface area contributed by atoms with Gasteiger partial charge in [-0.15, -0.1) is 12.4 Å². The van der Waals surface area contributed by atoms with Crippen molar-refractivity contribution in [1.82, 2.24) is 10.2 Å². The van der Waals surface area contributed by atoms with Gasteiger partial charge in [-0.25, -0.2) is 0 Å². The van der Waals surface area contributed by atoms with Crippen LogP contribution in [0.3, 0.4) is 0 Å². The van der Waals surface area contributed by atoms with Crippen LogP contribution in [0.5, 0.6) is 0 Å². The summed E-state index contributed by atoms with van der Waals surface area (Å²) < 4.78 is 0. The molecule has 0 radical (unpaired) electrons. The van der Waals surface area contributed by atoms with Gasteiger partial charge < -0.3 is 10.2 Å². The maximum atomic E-state index is 3.45. The van der Waals surface area contributed by atoms with E-state index >= 15 is 0 Å². The Morgan fingerprint density at radius 2 is 1.77 bits per heavy atom. The van der Waals surface area contributed by atoms with Gasteiger partial charge in [0, 0.05) is 13.1 Å². The van der Waals surface area contributed by atoms with Gasteiger partial charge in [0.2, 0.25) is 0 Å². The summed E-state index contributed by atoms with van der Waals surface area (Å²) >= 11 is 0. The molecule has 1 heterocycles. The fraction of sp³-hybridized carbons (Fsp3) is 0.474. The van der Waals surface area contributed by atoms with E-state index in [1.54, 1.807) is 0 Å². The third kappa shape index (κ3) is 4.45. The van der Waals surface area contributed by atoms with Crippen LogP contribution >= 0.6 is 12.4 Å². The number of nitrogens with one attached hydrogen (secondary N) is 1. The van der Waals surface area contributed by atoms with Crippen molar-refractivity contribution in [2.75, 3.05) is 33.2 Å². The molecule has 0 aromatic heterocycles. The Morgan fingerprint density at radius 1 is 1.05 bits per heavy atom. The van der Waals surface area contributed by atoms with E-state index in [2.05, 4.69) is 59.7 Å². The molecule has 3 heteroatoms. The average molecular weight is 319 g/mol. The predicted molar refractivity (Wildman–Crippen MR) is 98.0 cm³/mol. The van der Waals surface area contributed by atoms with E-state index in [0.717, 1.165) is 18.9 Å². The summed E-state index contributed by atoms with van der Waals surface area (Å²) in [4.78, 5) is 2.51. The minimum Gasteiger partial charge on any atom is -0.317 e. The topological polar surface area (TPSA) is 15.3 Å². The molecule has 3 rings (SSSR count). The second kappa shape index (κ2) is 8.52. The molecule has 0 amide bonds. The smallest absolute Gasteiger partial charge is 0.00191 e. The zero-order valence-corrected chi connectivity index (χ0v) is 14.2. The molecular formula is C19H27ClN2. The lowest BCUT2D eigenvalue weighted by Crippen LogP contribution is -2.35. The van der Waals surface area contributed by atoms with E-state index in [1.165, 1.54) is 48.8 Å². The first-order valence-corrected chi connectivity index (χ1v) is 8.19. The molecule has 120 valence electrons. The Morgan fingerprint density at radius 3 is 2.59 bits per heavy atom. The number of benzene rings is 2. The molecule has 1 aliphatic heterocycles. The van der Waals surface area contributed by atoms with Crippen molar-refractivity contribution in [2.24, 2.45) is 5.92 Å². The summed E-state index contributed by atoms with van der Waals surface area (Å²) in [5, 5.41) is 6.22. The number of likely N-dealkylation sites (N-methyl/N-ethyl adjacent to an activating group) is 1. The predicted octanol–water partition coefficient (Wildman–Crippen LogP) is 3.74. The number of piperidine rings is 1. The highest BCUT2D eigenvalue weighted by atomic mass is 35.5. The fourth-order valence-electron chi connectivity index (χ4n) is 3.42. The van der Waals surface area contributed by atoms with E-state index in [9.17, 15) is 0 Å². The molecule has 2 nitrogen and oxygen atoms in total. The maximum absolute atomic E-state index is 3.45. The summed E-state index contributed by atoms with van der Waals surface area (Å²) in [5.74, 6) is 0.878. The first-order chi connectivity index (χ1) is 10.3. The summed E-state index contributed by atoms with van der Waals surface area (Å²) in [6.07, 6.45) is 3.81. The molecule has 0 unspecified atom stereocenters. The number of hydrogen-bond acceptors (Lipinski definition) is 2. The second-order valence-corrected chi connectivity index (χ2v) is 6.34. The molecule has 2 aromatic rings. The van der Waals surface area contributed by atoms with Gasteiger partial charge in [-0.05, 0) is 61.7 Å². The molecular weight excluding hydrogens is 292 g/mol. The highest BCUT2D eigenvalue weighted by Gasteiger charge is 2.14. The Labute approximate surface area is 140 Å². The summed E-state index contributed by atoms with van der Waals surface area (Å²) in [6, 6.07) is 15.4. The molecule has 0 aliphatic carbocycles. The standard InChI is InChI=1S/C19H26N2.ClH/c1-21(15-16-9-12-20-13-10-16)14-11-18-7-4-6-17-5-2-3-8-19(17)18;/h2-8,16,20H,9-15H2,1H3;1H. The van der Waals surface area contributed by atoms with Gasteiger partial charge in [-0.3, -0.25) is 0 Å². The highest BCUT2D eigenvalue weighted by molar-refractivity contribution is 5.86. The quantitative estimate of drug-likeness (QED) is 0.903. The Hall–Kier alpha value is -1.09. The summed E-state index contributed by atoms with van der Waals surface area (Å²) in [6.45, 7) is 4.79. The van der Waals surface area contributed by atoms with Gasteiger partial charge in [0.1, 0.15) is 0 Å². The zero-order valence-electron chi connectivity index (χ0n) is 13.4. The van der Waals surface area contributed by atoms with Crippen molar-refractivity contribution in [2.45, 2.75) is 19.3 Å². The van der Waals surface area contributed by atoms with Gasteiger partial charge in [0.15, 0.2) is 0 Å². The SMILES string of the molecule is CN(CCc1cccc2ccccc12)CC1CCNCC1.Cl. The fourth-order valence-corrected chi connectivity index (χ4v) is 3.42. The Kier molecular flexibility index (Phi) is 6.69. The van der Waals surface area contributed by atoms with Crippen LogP contribution in [0.15, 0.2) is 42.5 Å². The minimum absolute atomic E-state index is 0. The minimum atomic E-state index is 0. The summed E-state index contributed by atoms with van der Waals surface area (Å²) in [5.41, 5.74) is 1.48. The molecule has 0 saturated carbocycles. The van der Waals surface area contributed by atoms with Crippen molar-refractivity contribution in [3.05, 3.63) is 48.0 Å². The number of halogens is 1. The largest absolute Gasteiger partial charge is 0.317 e. The van der Waals surface area contributed by atoms with E-state index in [4.69, 9.17) is 0 Å². The molecule has 22 heavy (non-hydrogen) atoms. The van der Waals surface area contributed by atoms with E-state index < -0.39 is 0 Å². The number of hydrogen-bond donors (Lipinski definition) is 1. The lowest BCUT2D eigenvalue weighted by molar-refractivity contribution is 0.242. The first-order valence-electron chi connectivity index (χ1n) is 8.19. The lowest BCUT2D eigenvalue weighted by atomic mass is 9.97. The number of nitrogens with zero attached hydrogens (tertiary/aromatic N) is 1. The molecule has 1 aliphatic rings. The van der Waals surface area contributed by atoms with Crippen molar-refractivity contribution < 1.29 is 0 Å². The van der Waals surface area contributed by atoms with Crippen LogP contribution in [0, 0.1) is 5.92 Å². The molecule has 0 spiro atoms. The molecule has 1 fully saturated rings. The van der Waals surface area contributed by atoms with Gasteiger partial charge in [-0.2, -0.15) is 0 Å². The highest BCUT2D eigenvalue weighted by Crippen LogP contribution is 2.19. The Bertz CT molecular complexity index is 573. The van der Waals surface area contributed by atoms with Crippen LogP contribution in [0.25, 0.3) is 10.8 Å². The lowest BCUT2D eigenvalue weighted by Gasteiger charge is -2.27. The van der Waals surface area contributed by atoms with E-state index in [-0.39, 0.29) is 12.4 Å². The molecule has 0 atom stereocenters. The van der Waals surface area contributed by atoms with Gasteiger partial charge in [-0.1, -0.05) is 42.5 Å². The molecule has 0 bridgehead atoms. The maximum Gasteiger partial charge on any atom is 0.00191 e. The number of fused-ring (bicyclic) bond motifs is 1. The van der Waals surface area contributed by atoms with Crippen molar-refractivity contribution in [3.63, 3.8) is 0 Å². The van der Waals surface area contributed by atoms with Crippen LogP contribution < -0.4 is 5.32 Å². The van der Waals surface area contributed by atoms with Gasteiger partial charge >= 0.3 is 0 Å². The average Bonchev–Trinajstić information content (AvgIpc) is 2.54. The summed E-state index contributed by atoms with van der Waals surface area (Å²) in [7, 11) is 2.27. The monoisotopic (exact) mass is 318 g/mol. The van der Waals surface area contributed by atoms with E-state index in [1.807, 2.05) is 0 Å². The normalized spacial score (nSPS) is 15.9. The third-order valence-corrected chi connectivity index (χ3v) is 4.67. The van der Waals surface area contributed by atoms with Crippen molar-refractivity contribution >= 4 is 23.2 Å². The van der Waals surface area contributed by atoms with Gasteiger partial charge in [0.25, 0.3) is 0 Å². The van der Waals surface area contributed by atoms with E-state index in [0.29, 0.717) is 0 Å². The number of rotatable bonds is 5. The van der Waals surface area contributed by atoms with Crippen LogP contribution in [0.2, 0.25) is 0 Å².